The first kappa shape index (κ1) is 14.2. The third-order valence-electron chi connectivity index (χ3n) is 4.82. The van der Waals surface area contributed by atoms with Crippen LogP contribution in [0.4, 0.5) is 0 Å². The van der Waals surface area contributed by atoms with Crippen molar-refractivity contribution < 1.29 is 19.7 Å². The highest BCUT2D eigenvalue weighted by Gasteiger charge is 2.36. The number of phenolic OH excluding ortho intramolecular Hbond substituents is 1. The van der Waals surface area contributed by atoms with Crippen LogP contribution in [-0.4, -0.2) is 23.3 Å². The summed E-state index contributed by atoms with van der Waals surface area (Å²) in [5.41, 5.74) is 2.86. The van der Waals surface area contributed by atoms with E-state index in [1.807, 2.05) is 6.07 Å². The molecule has 21 heavy (non-hydrogen) atoms. The van der Waals surface area contributed by atoms with E-state index in [1.165, 1.54) is 0 Å². The van der Waals surface area contributed by atoms with Gasteiger partial charge in [0.15, 0.2) is 0 Å². The highest BCUT2D eigenvalue weighted by atomic mass is 16.5. The van der Waals surface area contributed by atoms with Gasteiger partial charge in [-0.3, -0.25) is 4.79 Å². The number of benzene rings is 1. The van der Waals surface area contributed by atoms with Gasteiger partial charge in [-0.2, -0.15) is 0 Å². The molecule has 2 N–H and O–H groups in total. The molecule has 1 atom stereocenters. The Labute approximate surface area is 124 Å². The van der Waals surface area contributed by atoms with Gasteiger partial charge in [-0.15, -0.1) is 0 Å². The summed E-state index contributed by atoms with van der Waals surface area (Å²) in [6.07, 6.45) is 6.16. The monoisotopic (exact) mass is 290 g/mol. The third kappa shape index (κ3) is 2.71. The first-order chi connectivity index (χ1) is 10.1. The van der Waals surface area contributed by atoms with Gasteiger partial charge in [-0.1, -0.05) is 0 Å². The molecule has 1 saturated carbocycles. The molecule has 0 aliphatic heterocycles. The van der Waals surface area contributed by atoms with Crippen LogP contribution in [0.3, 0.4) is 0 Å². The van der Waals surface area contributed by atoms with Crippen molar-refractivity contribution in [3.63, 3.8) is 0 Å². The largest absolute Gasteiger partial charge is 0.507 e. The molecular weight excluding hydrogens is 268 g/mol. The van der Waals surface area contributed by atoms with Crippen molar-refractivity contribution in [1.29, 1.82) is 0 Å². The third-order valence-corrected chi connectivity index (χ3v) is 4.82. The Kier molecular flexibility index (Phi) is 3.79. The summed E-state index contributed by atoms with van der Waals surface area (Å²) in [7, 11) is 1.65. The van der Waals surface area contributed by atoms with Crippen LogP contribution in [0.25, 0.3) is 0 Å². The summed E-state index contributed by atoms with van der Waals surface area (Å²) in [6.45, 7) is 0. The number of hydrogen-bond donors (Lipinski definition) is 2. The summed E-state index contributed by atoms with van der Waals surface area (Å²) >= 11 is 0. The Bertz CT molecular complexity index is 560. The molecule has 4 heteroatoms. The molecule has 114 valence electrons. The fraction of sp³-hybridized carbons (Fsp3) is 0.588. The van der Waals surface area contributed by atoms with Crippen LogP contribution in [0.15, 0.2) is 6.07 Å². The van der Waals surface area contributed by atoms with Gasteiger partial charge in [0, 0.05) is 22.6 Å². The lowest BCUT2D eigenvalue weighted by molar-refractivity contribution is -0.137. The zero-order chi connectivity index (χ0) is 15.0. The zero-order valence-corrected chi connectivity index (χ0v) is 12.4. The first-order valence-electron chi connectivity index (χ1n) is 7.75. The fourth-order valence-corrected chi connectivity index (χ4v) is 3.59. The Morgan fingerprint density at radius 3 is 2.57 bits per heavy atom. The van der Waals surface area contributed by atoms with Gasteiger partial charge >= 0.3 is 5.97 Å². The summed E-state index contributed by atoms with van der Waals surface area (Å²) in [6, 6.07) is 1.88. The number of carboxylic acid groups (broad SMARTS) is 1. The van der Waals surface area contributed by atoms with E-state index in [4.69, 9.17) is 9.84 Å². The molecular formula is C17H22O4. The quantitative estimate of drug-likeness (QED) is 0.873. The summed E-state index contributed by atoms with van der Waals surface area (Å²) < 4.78 is 5.51. The second-order valence-corrected chi connectivity index (χ2v) is 6.22. The minimum Gasteiger partial charge on any atom is -0.507 e. The number of carbonyl (C=O) groups is 1. The molecule has 2 aliphatic carbocycles. The molecule has 0 saturated heterocycles. The zero-order valence-electron chi connectivity index (χ0n) is 12.4. The maximum absolute atomic E-state index is 11.2. The topological polar surface area (TPSA) is 66.8 Å². The van der Waals surface area contributed by atoms with Crippen molar-refractivity contribution in [3.8, 4) is 11.5 Å². The fourth-order valence-electron chi connectivity index (χ4n) is 3.59. The summed E-state index contributed by atoms with van der Waals surface area (Å²) in [5.74, 6) is 0.627. The van der Waals surface area contributed by atoms with Gasteiger partial charge in [0.1, 0.15) is 11.5 Å². The van der Waals surface area contributed by atoms with E-state index in [0.717, 1.165) is 61.0 Å². The second kappa shape index (κ2) is 5.58. The molecule has 1 unspecified atom stereocenters. The highest BCUT2D eigenvalue weighted by Crippen LogP contribution is 2.50. The van der Waals surface area contributed by atoms with Crippen molar-refractivity contribution in [2.45, 2.75) is 50.9 Å². The minimum atomic E-state index is -0.803. The standard InChI is InChI=1S/C17H22O4/c1-21-15-8-14(13(9-16(18)19)10-6-7-10)17(20)12-5-3-2-4-11(12)15/h8,10,13,20H,2-7,9H2,1H3,(H,18,19). The van der Waals surface area contributed by atoms with Gasteiger partial charge in [-0.25, -0.2) is 0 Å². The molecule has 1 aromatic rings. The molecule has 0 amide bonds. The number of hydrogen-bond acceptors (Lipinski definition) is 3. The number of ether oxygens (including phenoxy) is 1. The van der Waals surface area contributed by atoms with Crippen molar-refractivity contribution in [2.24, 2.45) is 5.92 Å². The second-order valence-electron chi connectivity index (χ2n) is 6.22. The Morgan fingerprint density at radius 2 is 2.00 bits per heavy atom. The molecule has 4 nitrogen and oxygen atoms in total. The number of aliphatic carboxylic acids is 1. The summed E-state index contributed by atoms with van der Waals surface area (Å²) in [4.78, 5) is 11.2. The van der Waals surface area contributed by atoms with Crippen LogP contribution in [0.5, 0.6) is 11.5 Å². The number of rotatable bonds is 5. The maximum Gasteiger partial charge on any atom is 0.303 e. The number of methoxy groups -OCH3 is 1. The van der Waals surface area contributed by atoms with E-state index < -0.39 is 5.97 Å². The molecule has 1 fully saturated rings. The van der Waals surface area contributed by atoms with E-state index in [9.17, 15) is 9.90 Å². The van der Waals surface area contributed by atoms with Gasteiger partial charge in [0.05, 0.1) is 13.5 Å². The Balaban J connectivity index is 2.06. The molecule has 1 aromatic carbocycles. The van der Waals surface area contributed by atoms with E-state index >= 15 is 0 Å². The molecule has 0 radical (unpaired) electrons. The Hall–Kier alpha value is -1.71. The first-order valence-corrected chi connectivity index (χ1v) is 7.75. The van der Waals surface area contributed by atoms with Crippen LogP contribution in [-0.2, 0) is 17.6 Å². The van der Waals surface area contributed by atoms with Crippen LogP contribution >= 0.6 is 0 Å². The molecule has 2 aliphatic rings. The van der Waals surface area contributed by atoms with E-state index in [0.29, 0.717) is 11.7 Å². The Morgan fingerprint density at radius 1 is 1.33 bits per heavy atom. The molecule has 0 aromatic heterocycles. The smallest absolute Gasteiger partial charge is 0.303 e. The minimum absolute atomic E-state index is 0.0835. The molecule has 0 bridgehead atoms. The number of fused-ring (bicyclic) bond motifs is 1. The lowest BCUT2D eigenvalue weighted by atomic mass is 9.83. The van der Waals surface area contributed by atoms with Crippen LogP contribution in [0, 0.1) is 5.92 Å². The average molecular weight is 290 g/mol. The van der Waals surface area contributed by atoms with Gasteiger partial charge in [0.2, 0.25) is 0 Å². The van der Waals surface area contributed by atoms with Crippen molar-refractivity contribution in [3.05, 3.63) is 22.8 Å². The van der Waals surface area contributed by atoms with E-state index in [2.05, 4.69) is 0 Å². The normalized spacial score (nSPS) is 18.9. The van der Waals surface area contributed by atoms with E-state index in [-0.39, 0.29) is 12.3 Å². The lowest BCUT2D eigenvalue weighted by Gasteiger charge is -2.25. The van der Waals surface area contributed by atoms with Crippen LogP contribution < -0.4 is 4.74 Å². The predicted octanol–water partition coefficient (Wildman–Crippen LogP) is 3.25. The number of aromatic hydroxyl groups is 1. The van der Waals surface area contributed by atoms with Crippen molar-refractivity contribution in [2.75, 3.05) is 7.11 Å². The molecule has 3 rings (SSSR count). The number of phenols is 1. The predicted molar refractivity (Wildman–Crippen MR) is 79.0 cm³/mol. The molecule has 0 heterocycles. The lowest BCUT2D eigenvalue weighted by Crippen LogP contribution is -2.12. The van der Waals surface area contributed by atoms with Crippen LogP contribution in [0.1, 0.15) is 54.7 Å². The van der Waals surface area contributed by atoms with E-state index in [1.54, 1.807) is 7.11 Å². The molecule has 0 spiro atoms. The highest BCUT2D eigenvalue weighted by molar-refractivity contribution is 5.69. The maximum atomic E-state index is 11.2. The summed E-state index contributed by atoms with van der Waals surface area (Å²) in [5, 5.41) is 19.8. The number of carboxylic acids is 1. The van der Waals surface area contributed by atoms with Crippen LogP contribution in [0.2, 0.25) is 0 Å². The van der Waals surface area contributed by atoms with Crippen molar-refractivity contribution >= 4 is 5.97 Å². The van der Waals surface area contributed by atoms with Gasteiger partial charge in [-0.05, 0) is 50.5 Å². The van der Waals surface area contributed by atoms with Gasteiger partial charge < -0.3 is 14.9 Å². The SMILES string of the molecule is COc1cc(C(CC(=O)O)C2CC2)c(O)c2c1CCCC2. The average Bonchev–Trinajstić information content (AvgIpc) is 3.30. The van der Waals surface area contributed by atoms with Gasteiger partial charge in [0.25, 0.3) is 0 Å². The van der Waals surface area contributed by atoms with Crippen molar-refractivity contribution in [1.82, 2.24) is 0 Å².